The summed E-state index contributed by atoms with van der Waals surface area (Å²) in [5, 5.41) is 8.61. The molecule has 1 N–H and O–H groups in total. The van der Waals surface area contributed by atoms with Crippen molar-refractivity contribution in [3.63, 3.8) is 0 Å². The fourth-order valence-electron chi connectivity index (χ4n) is 1.01. The standard InChI is InChI=1S/C9H5N2O2/c12-9(13)8-5-10-6-3-1-2-4-7(6)11-8/h1-4H,(H,12,13). The third-order valence-corrected chi connectivity index (χ3v) is 1.60. The molecule has 1 aromatic carbocycles. The molecule has 0 saturated heterocycles. The number of hydrogen-bond donors (Lipinski definition) is 1. The number of nitrogens with zero attached hydrogens (tertiary/aromatic N) is 2. The molecule has 63 valence electrons. The van der Waals surface area contributed by atoms with Gasteiger partial charge in [0.05, 0.1) is 11.0 Å². The molecular formula is C9H5N2O2. The number of aromatic nitrogens is 2. The van der Waals surface area contributed by atoms with E-state index in [9.17, 15) is 4.79 Å². The molecule has 4 nitrogen and oxygen atoms in total. The molecule has 1 aromatic heterocycles. The highest BCUT2D eigenvalue weighted by atomic mass is 16.4. The van der Waals surface area contributed by atoms with Crippen LogP contribution in [0.2, 0.25) is 0 Å². The van der Waals surface area contributed by atoms with Gasteiger partial charge in [-0.15, -0.1) is 0 Å². The number of hydrogen-bond acceptors (Lipinski definition) is 3. The van der Waals surface area contributed by atoms with E-state index in [0.717, 1.165) is 0 Å². The van der Waals surface area contributed by atoms with E-state index in [2.05, 4.69) is 16.2 Å². The zero-order valence-electron chi connectivity index (χ0n) is 6.56. The van der Waals surface area contributed by atoms with E-state index in [4.69, 9.17) is 5.11 Å². The molecule has 2 aromatic rings. The van der Waals surface area contributed by atoms with Crippen molar-refractivity contribution >= 4 is 17.0 Å². The van der Waals surface area contributed by atoms with E-state index in [1.54, 1.807) is 18.2 Å². The predicted molar refractivity (Wildman–Crippen MR) is 45.3 cm³/mol. The minimum absolute atomic E-state index is 0.154. The minimum atomic E-state index is -1.11. The Kier molecular flexibility index (Phi) is 1.66. The molecule has 1 heterocycles. The SMILES string of the molecule is O=C(O)c1[c]nc2ccccc2n1. The van der Waals surface area contributed by atoms with Gasteiger partial charge >= 0.3 is 5.97 Å². The van der Waals surface area contributed by atoms with Gasteiger partial charge in [0.15, 0.2) is 5.69 Å². The smallest absolute Gasteiger partial charge is 0.356 e. The summed E-state index contributed by atoms with van der Waals surface area (Å²) in [4.78, 5) is 18.2. The lowest BCUT2D eigenvalue weighted by molar-refractivity contribution is 0.0690. The fourth-order valence-corrected chi connectivity index (χ4v) is 1.01. The summed E-state index contributed by atoms with van der Waals surface area (Å²) in [6, 6.07) is 7.06. The Hall–Kier alpha value is -1.97. The van der Waals surface area contributed by atoms with Gasteiger partial charge in [0, 0.05) is 0 Å². The minimum Gasteiger partial charge on any atom is -0.476 e. The van der Waals surface area contributed by atoms with Crippen molar-refractivity contribution in [2.45, 2.75) is 0 Å². The van der Waals surface area contributed by atoms with E-state index in [-0.39, 0.29) is 5.69 Å². The molecule has 0 bridgehead atoms. The molecule has 0 unspecified atom stereocenters. The molecule has 0 fully saturated rings. The van der Waals surface area contributed by atoms with Crippen molar-refractivity contribution in [1.82, 2.24) is 9.97 Å². The Balaban J connectivity index is 2.69. The van der Waals surface area contributed by atoms with Crippen molar-refractivity contribution in [2.75, 3.05) is 0 Å². The number of aromatic carboxylic acids is 1. The van der Waals surface area contributed by atoms with Crippen LogP contribution in [0.15, 0.2) is 24.3 Å². The quantitative estimate of drug-likeness (QED) is 0.702. The van der Waals surface area contributed by atoms with Gasteiger partial charge < -0.3 is 5.11 Å². The maximum Gasteiger partial charge on any atom is 0.356 e. The number of benzene rings is 1. The third kappa shape index (κ3) is 1.33. The molecule has 0 aliphatic carbocycles. The second-order valence-corrected chi connectivity index (χ2v) is 2.48. The maximum atomic E-state index is 10.5. The van der Waals surface area contributed by atoms with Crippen LogP contribution in [0.3, 0.4) is 0 Å². The topological polar surface area (TPSA) is 63.1 Å². The molecule has 0 aliphatic heterocycles. The number of rotatable bonds is 1. The van der Waals surface area contributed by atoms with Crippen molar-refractivity contribution in [3.8, 4) is 0 Å². The lowest BCUT2D eigenvalue weighted by Gasteiger charge is -1.95. The van der Waals surface area contributed by atoms with Gasteiger partial charge in [-0.1, -0.05) is 12.1 Å². The van der Waals surface area contributed by atoms with E-state index in [1.165, 1.54) is 0 Å². The fraction of sp³-hybridized carbons (Fsp3) is 0. The normalized spacial score (nSPS) is 10.2. The van der Waals surface area contributed by atoms with Crippen molar-refractivity contribution < 1.29 is 9.90 Å². The lowest BCUT2D eigenvalue weighted by atomic mass is 10.3. The van der Waals surface area contributed by atoms with Crippen LogP contribution in [0.5, 0.6) is 0 Å². The summed E-state index contributed by atoms with van der Waals surface area (Å²) in [7, 11) is 0. The molecule has 1 radical (unpaired) electrons. The number of para-hydroxylation sites is 2. The van der Waals surface area contributed by atoms with Gasteiger partial charge in [0.25, 0.3) is 0 Å². The third-order valence-electron chi connectivity index (χ3n) is 1.60. The largest absolute Gasteiger partial charge is 0.476 e. The van der Waals surface area contributed by atoms with Crippen LogP contribution in [0.25, 0.3) is 11.0 Å². The Morgan fingerprint density at radius 3 is 2.69 bits per heavy atom. The highest BCUT2D eigenvalue weighted by molar-refractivity contribution is 5.87. The highest BCUT2D eigenvalue weighted by Crippen LogP contribution is 2.07. The van der Waals surface area contributed by atoms with Gasteiger partial charge in [0.1, 0.15) is 6.20 Å². The summed E-state index contributed by atoms with van der Waals surface area (Å²) in [6.07, 6.45) is 2.35. The zero-order chi connectivity index (χ0) is 9.26. The first-order valence-corrected chi connectivity index (χ1v) is 3.65. The van der Waals surface area contributed by atoms with Gasteiger partial charge in [-0.05, 0) is 12.1 Å². The molecular weight excluding hydrogens is 168 g/mol. The zero-order valence-corrected chi connectivity index (χ0v) is 6.56. The van der Waals surface area contributed by atoms with Crippen LogP contribution in [0.4, 0.5) is 0 Å². The Morgan fingerprint density at radius 1 is 1.31 bits per heavy atom. The van der Waals surface area contributed by atoms with E-state index < -0.39 is 5.97 Å². The first-order chi connectivity index (χ1) is 6.27. The number of carboxylic acid groups (broad SMARTS) is 1. The van der Waals surface area contributed by atoms with E-state index in [0.29, 0.717) is 11.0 Å². The average molecular weight is 173 g/mol. The molecule has 0 amide bonds. The average Bonchev–Trinajstić information content (AvgIpc) is 2.17. The van der Waals surface area contributed by atoms with Gasteiger partial charge in [0.2, 0.25) is 0 Å². The van der Waals surface area contributed by atoms with Gasteiger partial charge in [-0.3, -0.25) is 0 Å². The first-order valence-electron chi connectivity index (χ1n) is 3.65. The van der Waals surface area contributed by atoms with E-state index >= 15 is 0 Å². The monoisotopic (exact) mass is 173 g/mol. The Morgan fingerprint density at radius 2 is 2.00 bits per heavy atom. The Bertz CT molecular complexity index is 468. The van der Waals surface area contributed by atoms with Crippen LogP contribution in [0, 0.1) is 6.20 Å². The van der Waals surface area contributed by atoms with Gasteiger partial charge in [-0.25, -0.2) is 14.8 Å². The van der Waals surface area contributed by atoms with Crippen LogP contribution >= 0.6 is 0 Å². The van der Waals surface area contributed by atoms with Crippen molar-refractivity contribution in [3.05, 3.63) is 36.2 Å². The summed E-state index contributed by atoms with van der Waals surface area (Å²) < 4.78 is 0. The van der Waals surface area contributed by atoms with Crippen LogP contribution in [0.1, 0.15) is 10.5 Å². The molecule has 0 aliphatic rings. The molecule has 4 heteroatoms. The number of fused-ring (bicyclic) bond motifs is 1. The molecule has 13 heavy (non-hydrogen) atoms. The maximum absolute atomic E-state index is 10.5. The molecule has 2 rings (SSSR count). The summed E-state index contributed by atoms with van der Waals surface area (Å²) in [6.45, 7) is 0. The van der Waals surface area contributed by atoms with Crippen LogP contribution in [-0.2, 0) is 0 Å². The Labute approximate surface area is 73.9 Å². The first kappa shape index (κ1) is 7.67. The van der Waals surface area contributed by atoms with Crippen molar-refractivity contribution in [2.24, 2.45) is 0 Å². The predicted octanol–water partition coefficient (Wildman–Crippen LogP) is 1.13. The lowest BCUT2D eigenvalue weighted by Crippen LogP contribution is -2.01. The van der Waals surface area contributed by atoms with Crippen molar-refractivity contribution in [1.29, 1.82) is 0 Å². The molecule has 0 spiro atoms. The summed E-state index contributed by atoms with van der Waals surface area (Å²) in [5.74, 6) is -1.11. The second-order valence-electron chi connectivity index (χ2n) is 2.48. The molecule has 0 atom stereocenters. The van der Waals surface area contributed by atoms with Crippen LogP contribution in [-0.4, -0.2) is 21.0 Å². The summed E-state index contributed by atoms with van der Waals surface area (Å²) >= 11 is 0. The van der Waals surface area contributed by atoms with Gasteiger partial charge in [-0.2, -0.15) is 0 Å². The highest BCUT2D eigenvalue weighted by Gasteiger charge is 2.06. The number of carboxylic acids is 1. The summed E-state index contributed by atoms with van der Waals surface area (Å²) in [5.41, 5.74) is 1.06. The van der Waals surface area contributed by atoms with E-state index in [1.807, 2.05) is 6.07 Å². The van der Waals surface area contributed by atoms with Crippen LogP contribution < -0.4 is 0 Å². The molecule has 0 saturated carbocycles. The number of carbonyl (C=O) groups is 1. The second kappa shape index (κ2) is 2.82.